The largest absolute Gasteiger partial charge is 0.480 e. The first-order valence-corrected chi connectivity index (χ1v) is 6.90. The van der Waals surface area contributed by atoms with E-state index in [4.69, 9.17) is 4.74 Å². The summed E-state index contributed by atoms with van der Waals surface area (Å²) in [5.74, 6) is -0.511. The van der Waals surface area contributed by atoms with Crippen LogP contribution in [0.2, 0.25) is 0 Å². The molecule has 2 heterocycles. The molecule has 2 atom stereocenters. The van der Waals surface area contributed by atoms with Gasteiger partial charge in [0.1, 0.15) is 6.04 Å². The van der Waals surface area contributed by atoms with E-state index in [1.54, 1.807) is 12.0 Å². The molecule has 0 aromatic carbocycles. The number of carboxylic acid groups (broad SMARTS) is 1. The number of carbonyl (C=O) groups excluding carboxylic acids is 1. The number of nitrogens with zero attached hydrogens (tertiary/aromatic N) is 2. The van der Waals surface area contributed by atoms with Gasteiger partial charge in [0.05, 0.1) is 6.61 Å². The molecule has 0 aromatic rings. The van der Waals surface area contributed by atoms with Crippen LogP contribution >= 0.6 is 0 Å². The van der Waals surface area contributed by atoms with E-state index in [-0.39, 0.29) is 6.03 Å². The average molecular weight is 270 g/mol. The fourth-order valence-electron chi connectivity index (χ4n) is 2.98. The van der Waals surface area contributed by atoms with Gasteiger partial charge in [-0.05, 0) is 25.7 Å². The van der Waals surface area contributed by atoms with Crippen LogP contribution in [0.5, 0.6) is 0 Å². The van der Waals surface area contributed by atoms with Crippen molar-refractivity contribution < 1.29 is 19.4 Å². The van der Waals surface area contributed by atoms with E-state index in [2.05, 4.69) is 0 Å². The van der Waals surface area contributed by atoms with Crippen LogP contribution in [0.15, 0.2) is 0 Å². The van der Waals surface area contributed by atoms with E-state index in [9.17, 15) is 14.7 Å². The highest BCUT2D eigenvalue weighted by atomic mass is 16.5. The molecular formula is C13H22N2O4. The molecule has 6 heteroatoms. The molecule has 2 saturated heterocycles. The molecule has 0 saturated carbocycles. The average Bonchev–Trinajstić information content (AvgIpc) is 2.87. The maximum atomic E-state index is 12.4. The number of ether oxygens (including phenoxy) is 1. The Hall–Kier alpha value is -1.30. The second-order valence-corrected chi connectivity index (χ2v) is 5.38. The zero-order valence-corrected chi connectivity index (χ0v) is 11.4. The van der Waals surface area contributed by atoms with Gasteiger partial charge in [-0.1, -0.05) is 0 Å². The summed E-state index contributed by atoms with van der Waals surface area (Å²) in [6.07, 6.45) is 3.28. The van der Waals surface area contributed by atoms with Crippen molar-refractivity contribution in [1.82, 2.24) is 9.80 Å². The second-order valence-electron chi connectivity index (χ2n) is 5.38. The molecule has 6 nitrogen and oxygen atoms in total. The first-order valence-electron chi connectivity index (χ1n) is 6.90. The third-order valence-electron chi connectivity index (χ3n) is 3.99. The number of carboxylic acids is 1. The number of hydrogen-bond donors (Lipinski definition) is 1. The number of rotatable bonds is 3. The van der Waals surface area contributed by atoms with E-state index in [1.165, 1.54) is 4.90 Å². The lowest BCUT2D eigenvalue weighted by atomic mass is 10.0. The Morgan fingerprint density at radius 2 is 2.05 bits per heavy atom. The Labute approximate surface area is 113 Å². The standard InChI is InChI=1S/C13H22N2O4/c1-19-9-10-5-7-14(8-10)13(18)15-6-3-2-4-11(15)12(16)17/h10-11H,2-9H2,1H3,(H,16,17). The highest BCUT2D eigenvalue weighted by molar-refractivity contribution is 5.83. The van der Waals surface area contributed by atoms with Crippen LogP contribution in [0, 0.1) is 5.92 Å². The van der Waals surface area contributed by atoms with Crippen LogP contribution in [0.3, 0.4) is 0 Å². The van der Waals surface area contributed by atoms with E-state index in [0.29, 0.717) is 38.6 Å². The third kappa shape index (κ3) is 3.18. The van der Waals surface area contributed by atoms with Crippen molar-refractivity contribution in [1.29, 1.82) is 0 Å². The predicted molar refractivity (Wildman–Crippen MR) is 68.9 cm³/mol. The lowest BCUT2D eigenvalue weighted by Crippen LogP contribution is -2.52. The van der Waals surface area contributed by atoms with E-state index >= 15 is 0 Å². The number of piperidine rings is 1. The zero-order chi connectivity index (χ0) is 13.8. The van der Waals surface area contributed by atoms with Gasteiger partial charge in [0.25, 0.3) is 0 Å². The van der Waals surface area contributed by atoms with Crippen molar-refractivity contribution in [2.75, 3.05) is 33.4 Å². The number of hydrogen-bond acceptors (Lipinski definition) is 3. The van der Waals surface area contributed by atoms with Gasteiger partial charge in [-0.3, -0.25) is 0 Å². The minimum Gasteiger partial charge on any atom is -0.480 e. The van der Waals surface area contributed by atoms with Gasteiger partial charge in [0, 0.05) is 32.7 Å². The fourth-order valence-corrected chi connectivity index (χ4v) is 2.98. The molecule has 1 N–H and O–H groups in total. The van der Waals surface area contributed by atoms with Gasteiger partial charge in [-0.25, -0.2) is 9.59 Å². The number of carbonyl (C=O) groups is 2. The Bertz CT molecular complexity index is 348. The summed E-state index contributed by atoms with van der Waals surface area (Å²) in [6, 6.07) is -0.770. The highest BCUT2D eigenvalue weighted by Gasteiger charge is 2.36. The van der Waals surface area contributed by atoms with Crippen LogP contribution < -0.4 is 0 Å². The Morgan fingerprint density at radius 3 is 2.74 bits per heavy atom. The Morgan fingerprint density at radius 1 is 1.26 bits per heavy atom. The molecular weight excluding hydrogens is 248 g/mol. The summed E-state index contributed by atoms with van der Waals surface area (Å²) in [6.45, 7) is 2.60. The van der Waals surface area contributed by atoms with Gasteiger partial charge in [0.15, 0.2) is 0 Å². The molecule has 2 aliphatic rings. The molecule has 2 unspecified atom stereocenters. The zero-order valence-electron chi connectivity index (χ0n) is 11.4. The van der Waals surface area contributed by atoms with Crippen molar-refractivity contribution in [2.45, 2.75) is 31.7 Å². The van der Waals surface area contributed by atoms with E-state index < -0.39 is 12.0 Å². The van der Waals surface area contributed by atoms with E-state index in [1.807, 2.05) is 0 Å². The minimum absolute atomic E-state index is 0.120. The number of amides is 2. The molecule has 0 aromatic heterocycles. The van der Waals surface area contributed by atoms with Crippen LogP contribution in [0.1, 0.15) is 25.7 Å². The van der Waals surface area contributed by atoms with Crippen molar-refractivity contribution >= 4 is 12.0 Å². The number of methoxy groups -OCH3 is 1. The molecule has 0 aliphatic carbocycles. The molecule has 19 heavy (non-hydrogen) atoms. The van der Waals surface area contributed by atoms with Crippen LogP contribution in [-0.4, -0.2) is 66.3 Å². The maximum Gasteiger partial charge on any atom is 0.326 e. The maximum absolute atomic E-state index is 12.4. The van der Waals surface area contributed by atoms with E-state index in [0.717, 1.165) is 19.3 Å². The number of urea groups is 1. The third-order valence-corrected chi connectivity index (χ3v) is 3.99. The second kappa shape index (κ2) is 6.23. The summed E-state index contributed by atoms with van der Waals surface area (Å²) >= 11 is 0. The summed E-state index contributed by atoms with van der Waals surface area (Å²) < 4.78 is 5.11. The van der Waals surface area contributed by atoms with Crippen molar-refractivity contribution in [3.05, 3.63) is 0 Å². The minimum atomic E-state index is -0.888. The van der Waals surface area contributed by atoms with Crippen LogP contribution in [0.4, 0.5) is 4.79 Å². The SMILES string of the molecule is COCC1CCN(C(=O)N2CCCCC2C(=O)O)C1. The summed E-state index contributed by atoms with van der Waals surface area (Å²) in [5, 5.41) is 9.20. The van der Waals surface area contributed by atoms with Crippen LogP contribution in [0.25, 0.3) is 0 Å². The molecule has 2 aliphatic heterocycles. The Kier molecular flexibility index (Phi) is 4.63. The quantitative estimate of drug-likeness (QED) is 0.831. The monoisotopic (exact) mass is 270 g/mol. The van der Waals surface area contributed by atoms with Crippen molar-refractivity contribution in [3.63, 3.8) is 0 Å². The molecule has 0 radical (unpaired) electrons. The van der Waals surface area contributed by atoms with Gasteiger partial charge in [-0.15, -0.1) is 0 Å². The topological polar surface area (TPSA) is 70.1 Å². The molecule has 0 bridgehead atoms. The molecule has 108 valence electrons. The normalized spacial score (nSPS) is 27.6. The van der Waals surface area contributed by atoms with Gasteiger partial charge < -0.3 is 19.6 Å². The smallest absolute Gasteiger partial charge is 0.326 e. The van der Waals surface area contributed by atoms with Gasteiger partial charge >= 0.3 is 12.0 Å². The lowest BCUT2D eigenvalue weighted by Gasteiger charge is -2.35. The van der Waals surface area contributed by atoms with Crippen molar-refractivity contribution in [3.8, 4) is 0 Å². The lowest BCUT2D eigenvalue weighted by molar-refractivity contribution is -0.143. The molecule has 2 amide bonds. The summed E-state index contributed by atoms with van der Waals surface area (Å²) in [5.41, 5.74) is 0. The number of likely N-dealkylation sites (tertiary alicyclic amines) is 2. The van der Waals surface area contributed by atoms with Crippen molar-refractivity contribution in [2.24, 2.45) is 5.92 Å². The first kappa shape index (κ1) is 14.1. The fraction of sp³-hybridized carbons (Fsp3) is 0.846. The molecule has 2 fully saturated rings. The summed E-state index contributed by atoms with van der Waals surface area (Å²) in [4.78, 5) is 26.9. The first-order chi connectivity index (χ1) is 9.13. The predicted octanol–water partition coefficient (Wildman–Crippen LogP) is 1.01. The molecule has 0 spiro atoms. The summed E-state index contributed by atoms with van der Waals surface area (Å²) in [7, 11) is 1.66. The van der Waals surface area contributed by atoms with Gasteiger partial charge in [0.2, 0.25) is 0 Å². The van der Waals surface area contributed by atoms with Gasteiger partial charge in [-0.2, -0.15) is 0 Å². The highest BCUT2D eigenvalue weighted by Crippen LogP contribution is 2.23. The van der Waals surface area contributed by atoms with Crippen LogP contribution in [-0.2, 0) is 9.53 Å². The molecule has 2 rings (SSSR count). The Balaban J connectivity index is 1.96. The number of aliphatic carboxylic acids is 1.